The lowest BCUT2D eigenvalue weighted by Gasteiger charge is -2.10. The number of rotatable bonds is 4. The number of para-hydroxylation sites is 1. The molecule has 0 amide bonds. The Morgan fingerprint density at radius 1 is 0.838 bits per heavy atom. The van der Waals surface area contributed by atoms with Crippen molar-refractivity contribution in [1.29, 1.82) is 0 Å². The number of pyridine rings is 1. The van der Waals surface area contributed by atoms with Crippen LogP contribution >= 0.6 is 0 Å². The first-order chi connectivity index (χ1) is 17.7. The van der Waals surface area contributed by atoms with Crippen molar-refractivity contribution in [3.05, 3.63) is 102 Å². The van der Waals surface area contributed by atoms with Crippen LogP contribution in [0.2, 0.25) is 0 Å². The van der Waals surface area contributed by atoms with Crippen LogP contribution in [0.25, 0.3) is 33.8 Å². The minimum Gasteiger partial charge on any atom is -0.744 e. The number of methoxy groups -OCH3 is 1. The maximum Gasteiger partial charge on any atom is 0.212 e. The number of aromatic hydroxyl groups is 2. The molecule has 8 heteroatoms. The van der Waals surface area contributed by atoms with Gasteiger partial charge in [0.1, 0.15) is 22.9 Å². The van der Waals surface area contributed by atoms with E-state index in [0.717, 1.165) is 11.3 Å². The molecule has 1 aromatic heterocycles. The number of phenolic OH excluding ortho intramolecular Hbond substituents is 2. The van der Waals surface area contributed by atoms with Gasteiger partial charge in [0.25, 0.3) is 0 Å². The maximum atomic E-state index is 10.9. The van der Waals surface area contributed by atoms with Crippen LogP contribution < -0.4 is 9.30 Å². The van der Waals surface area contributed by atoms with Gasteiger partial charge in [0.2, 0.25) is 11.2 Å². The fourth-order valence-electron chi connectivity index (χ4n) is 3.97. The van der Waals surface area contributed by atoms with Gasteiger partial charge in [0, 0.05) is 23.6 Å². The topological polar surface area (TPSA) is 111 Å². The summed E-state index contributed by atoms with van der Waals surface area (Å²) in [7, 11) is -0.871. The standard InChI is InChI=1S/C19H17NO2.C10H8O4S/c1-20-16(11-9-15-5-3-4-6-17(15)20)10-7-14-8-12-18(21)19(13-14)22-2;11-8-4-5-9-7(6-8)2-1-3-10(9)15(12,13)14/h3-13H,1-2H3;1-6,11H,(H,12,13,14). The highest BCUT2D eigenvalue weighted by atomic mass is 32.2. The minimum absolute atomic E-state index is 0.0305. The molecule has 0 aliphatic carbocycles. The summed E-state index contributed by atoms with van der Waals surface area (Å²) in [5.74, 6) is 0.656. The molecule has 0 saturated carbocycles. The number of phenols is 2. The summed E-state index contributed by atoms with van der Waals surface area (Å²) in [4.78, 5) is -0.264. The van der Waals surface area contributed by atoms with Crippen molar-refractivity contribution in [2.45, 2.75) is 4.90 Å². The summed E-state index contributed by atoms with van der Waals surface area (Å²) in [5.41, 5.74) is 3.27. The monoisotopic (exact) mass is 515 g/mol. The first kappa shape index (κ1) is 25.7. The van der Waals surface area contributed by atoms with Gasteiger partial charge >= 0.3 is 0 Å². The second-order valence-corrected chi connectivity index (χ2v) is 9.60. The zero-order valence-corrected chi connectivity index (χ0v) is 21.0. The van der Waals surface area contributed by atoms with Crippen LogP contribution in [-0.2, 0) is 17.2 Å². The molecule has 0 atom stereocenters. The zero-order chi connectivity index (χ0) is 26.6. The van der Waals surface area contributed by atoms with Crippen molar-refractivity contribution >= 4 is 43.9 Å². The molecule has 7 nitrogen and oxygen atoms in total. The predicted octanol–water partition coefficient (Wildman–Crippen LogP) is 5.00. The van der Waals surface area contributed by atoms with Crippen molar-refractivity contribution in [3.8, 4) is 17.2 Å². The molecule has 1 heterocycles. The van der Waals surface area contributed by atoms with E-state index in [-0.39, 0.29) is 16.4 Å². The summed E-state index contributed by atoms with van der Waals surface area (Å²) in [6.45, 7) is 0. The first-order valence-corrected chi connectivity index (χ1v) is 12.7. The Hall–Kier alpha value is -4.40. The highest BCUT2D eigenvalue weighted by Gasteiger charge is 2.09. The van der Waals surface area contributed by atoms with Crippen molar-refractivity contribution < 1.29 is 32.5 Å². The number of hydrogen-bond donors (Lipinski definition) is 2. The summed E-state index contributed by atoms with van der Waals surface area (Å²) in [6.07, 6.45) is 4.06. The average Bonchev–Trinajstić information content (AvgIpc) is 2.88. The lowest BCUT2D eigenvalue weighted by atomic mass is 10.1. The molecule has 0 aliphatic heterocycles. The van der Waals surface area contributed by atoms with Gasteiger partial charge in [0.05, 0.1) is 12.0 Å². The quantitative estimate of drug-likeness (QED) is 0.257. The van der Waals surface area contributed by atoms with E-state index in [2.05, 4.69) is 42.0 Å². The zero-order valence-electron chi connectivity index (χ0n) is 20.2. The molecule has 0 fully saturated rings. The van der Waals surface area contributed by atoms with Gasteiger partial charge in [-0.15, -0.1) is 0 Å². The molecule has 4 aromatic carbocycles. The summed E-state index contributed by atoms with van der Waals surface area (Å²) in [6, 6.07) is 26.3. The Kier molecular flexibility index (Phi) is 7.42. The molecule has 2 N–H and O–H groups in total. The second-order valence-electron chi connectivity index (χ2n) is 8.26. The molecular formula is C29H25NO6S. The van der Waals surface area contributed by atoms with Crippen LogP contribution in [0.5, 0.6) is 17.2 Å². The molecule has 37 heavy (non-hydrogen) atoms. The Labute approximate surface area is 214 Å². The van der Waals surface area contributed by atoms with E-state index in [4.69, 9.17) is 4.74 Å². The molecule has 5 rings (SSSR count). The summed E-state index contributed by atoms with van der Waals surface area (Å²) in [5, 5.41) is 20.9. The van der Waals surface area contributed by atoms with Gasteiger partial charge in [0.15, 0.2) is 11.5 Å². The van der Waals surface area contributed by atoms with E-state index in [1.165, 1.54) is 41.2 Å². The lowest BCUT2D eigenvalue weighted by Crippen LogP contribution is -2.32. The van der Waals surface area contributed by atoms with E-state index in [9.17, 15) is 23.2 Å². The Bertz CT molecular complexity index is 1730. The number of aryl methyl sites for hydroxylation is 1. The summed E-state index contributed by atoms with van der Waals surface area (Å²) < 4.78 is 40.0. The van der Waals surface area contributed by atoms with Crippen LogP contribution in [0.3, 0.4) is 0 Å². The van der Waals surface area contributed by atoms with Crippen molar-refractivity contribution in [1.82, 2.24) is 0 Å². The van der Waals surface area contributed by atoms with Crippen molar-refractivity contribution in [2.75, 3.05) is 7.11 Å². The highest BCUT2D eigenvalue weighted by Crippen LogP contribution is 2.27. The van der Waals surface area contributed by atoms with Crippen molar-refractivity contribution in [3.63, 3.8) is 0 Å². The molecule has 0 saturated heterocycles. The van der Waals surface area contributed by atoms with Crippen LogP contribution in [0.15, 0.2) is 95.9 Å². The third-order valence-electron chi connectivity index (χ3n) is 5.86. The SMILES string of the molecule is COc1cc(C=Cc2ccc3ccccc3[n+]2C)ccc1O.O=S(=O)([O-])c1cccc2cc(O)ccc12. The number of ether oxygens (including phenoxy) is 1. The molecule has 0 spiro atoms. The lowest BCUT2D eigenvalue weighted by molar-refractivity contribution is -0.646. The second kappa shape index (κ2) is 10.7. The van der Waals surface area contributed by atoms with E-state index < -0.39 is 10.1 Å². The van der Waals surface area contributed by atoms with E-state index in [0.29, 0.717) is 16.5 Å². The fourth-order valence-corrected chi connectivity index (χ4v) is 4.67. The van der Waals surface area contributed by atoms with Crippen LogP contribution in [0.1, 0.15) is 11.3 Å². The van der Waals surface area contributed by atoms with Crippen molar-refractivity contribution in [2.24, 2.45) is 7.05 Å². The minimum atomic E-state index is -4.47. The molecule has 0 unspecified atom stereocenters. The van der Waals surface area contributed by atoms with Gasteiger partial charge in [-0.2, -0.15) is 4.57 Å². The van der Waals surface area contributed by atoms with Gasteiger partial charge in [-0.25, -0.2) is 8.42 Å². The Morgan fingerprint density at radius 3 is 2.35 bits per heavy atom. The van der Waals surface area contributed by atoms with E-state index >= 15 is 0 Å². The maximum absolute atomic E-state index is 10.9. The van der Waals surface area contributed by atoms with E-state index in [1.807, 2.05) is 30.3 Å². The molecule has 188 valence electrons. The normalized spacial score (nSPS) is 11.4. The molecule has 0 bridgehead atoms. The predicted molar refractivity (Wildman–Crippen MR) is 142 cm³/mol. The smallest absolute Gasteiger partial charge is 0.212 e. The van der Waals surface area contributed by atoms with Crippen LogP contribution in [-0.4, -0.2) is 30.3 Å². The molecule has 0 aliphatic rings. The number of hydrogen-bond acceptors (Lipinski definition) is 6. The number of fused-ring (bicyclic) bond motifs is 2. The number of aromatic nitrogens is 1. The summed E-state index contributed by atoms with van der Waals surface area (Å²) >= 11 is 0. The molecule has 5 aromatic rings. The van der Waals surface area contributed by atoms with Gasteiger partial charge in [-0.05, 0) is 70.9 Å². The van der Waals surface area contributed by atoms with Gasteiger partial charge < -0.3 is 19.5 Å². The molecular weight excluding hydrogens is 490 g/mol. The van der Waals surface area contributed by atoms with Crippen LogP contribution in [0, 0.1) is 0 Å². The third-order valence-corrected chi connectivity index (χ3v) is 6.76. The fraction of sp³-hybridized carbons (Fsp3) is 0.0690. The first-order valence-electron chi connectivity index (χ1n) is 11.3. The van der Waals surface area contributed by atoms with E-state index in [1.54, 1.807) is 19.2 Å². The number of nitrogens with zero attached hydrogens (tertiary/aromatic N) is 1. The highest BCUT2D eigenvalue weighted by molar-refractivity contribution is 7.86. The molecule has 0 radical (unpaired) electrons. The number of benzene rings is 4. The largest absolute Gasteiger partial charge is 0.744 e. The van der Waals surface area contributed by atoms with Gasteiger partial charge in [-0.3, -0.25) is 0 Å². The third kappa shape index (κ3) is 5.88. The van der Waals surface area contributed by atoms with Gasteiger partial charge in [-0.1, -0.05) is 30.3 Å². The Balaban J connectivity index is 0.000000186. The average molecular weight is 516 g/mol. The Morgan fingerprint density at radius 2 is 1.59 bits per heavy atom. The van der Waals surface area contributed by atoms with Crippen LogP contribution in [0.4, 0.5) is 0 Å².